The highest BCUT2D eigenvalue weighted by Crippen LogP contribution is 2.34. The lowest BCUT2D eigenvalue weighted by Gasteiger charge is -2.25. The Balaban J connectivity index is 2.34. The van der Waals surface area contributed by atoms with Gasteiger partial charge in [-0.1, -0.05) is 12.1 Å². The van der Waals surface area contributed by atoms with E-state index in [-0.39, 0.29) is 0 Å². The lowest BCUT2D eigenvalue weighted by Crippen LogP contribution is -2.39. The first-order valence-electron chi connectivity index (χ1n) is 5.46. The SMILES string of the molecule is CN1CCC(N)(c2cccc(C(F)(F)F)c2)C1. The third kappa shape index (κ3) is 2.45. The fourth-order valence-corrected chi connectivity index (χ4v) is 2.27. The number of nitrogens with zero attached hydrogens (tertiary/aromatic N) is 1. The Bertz CT molecular complexity index is 416. The van der Waals surface area contributed by atoms with Crippen molar-refractivity contribution in [2.24, 2.45) is 5.73 Å². The topological polar surface area (TPSA) is 29.3 Å². The number of nitrogens with two attached hydrogens (primary N) is 1. The third-order valence-electron chi connectivity index (χ3n) is 3.26. The zero-order valence-electron chi connectivity index (χ0n) is 9.59. The van der Waals surface area contributed by atoms with Crippen molar-refractivity contribution >= 4 is 0 Å². The van der Waals surface area contributed by atoms with Crippen molar-refractivity contribution in [1.29, 1.82) is 0 Å². The van der Waals surface area contributed by atoms with E-state index in [1.807, 2.05) is 11.9 Å². The number of hydrogen-bond acceptors (Lipinski definition) is 2. The maximum atomic E-state index is 12.6. The summed E-state index contributed by atoms with van der Waals surface area (Å²) < 4.78 is 37.8. The van der Waals surface area contributed by atoms with Crippen molar-refractivity contribution < 1.29 is 13.2 Å². The van der Waals surface area contributed by atoms with Gasteiger partial charge in [-0.05, 0) is 31.2 Å². The quantitative estimate of drug-likeness (QED) is 0.820. The fraction of sp³-hybridized carbons (Fsp3) is 0.500. The highest BCUT2D eigenvalue weighted by Gasteiger charge is 2.37. The van der Waals surface area contributed by atoms with E-state index in [4.69, 9.17) is 5.73 Å². The van der Waals surface area contributed by atoms with Gasteiger partial charge in [0, 0.05) is 13.1 Å². The molecule has 1 unspecified atom stereocenters. The van der Waals surface area contributed by atoms with Crippen LogP contribution in [0.2, 0.25) is 0 Å². The predicted octanol–water partition coefficient (Wildman–Crippen LogP) is 2.19. The number of alkyl halides is 3. The van der Waals surface area contributed by atoms with E-state index in [2.05, 4.69) is 0 Å². The molecule has 1 saturated heterocycles. The lowest BCUT2D eigenvalue weighted by atomic mass is 9.89. The Hall–Kier alpha value is -1.07. The first-order chi connectivity index (χ1) is 7.81. The van der Waals surface area contributed by atoms with E-state index in [0.717, 1.165) is 12.6 Å². The minimum atomic E-state index is -4.31. The molecule has 1 atom stereocenters. The van der Waals surface area contributed by atoms with Crippen LogP contribution in [0, 0.1) is 0 Å². The van der Waals surface area contributed by atoms with Crippen LogP contribution in [-0.4, -0.2) is 25.0 Å². The summed E-state index contributed by atoms with van der Waals surface area (Å²) >= 11 is 0. The molecule has 1 fully saturated rings. The molecule has 1 aromatic rings. The summed E-state index contributed by atoms with van der Waals surface area (Å²) in [5, 5.41) is 0. The van der Waals surface area contributed by atoms with Gasteiger partial charge in [0.1, 0.15) is 0 Å². The molecule has 17 heavy (non-hydrogen) atoms. The summed E-state index contributed by atoms with van der Waals surface area (Å²) in [6.45, 7) is 1.40. The van der Waals surface area contributed by atoms with Crippen LogP contribution < -0.4 is 5.73 Å². The largest absolute Gasteiger partial charge is 0.416 e. The van der Waals surface area contributed by atoms with Crippen molar-refractivity contribution in [2.45, 2.75) is 18.1 Å². The molecule has 0 aliphatic carbocycles. The Morgan fingerprint density at radius 3 is 2.59 bits per heavy atom. The Labute approximate surface area is 98.2 Å². The molecule has 2 nitrogen and oxygen atoms in total. The predicted molar refractivity (Wildman–Crippen MR) is 59.4 cm³/mol. The molecule has 94 valence electrons. The minimum Gasteiger partial charge on any atom is -0.320 e. The summed E-state index contributed by atoms with van der Waals surface area (Å²) in [5.74, 6) is 0. The molecular formula is C12H15F3N2. The van der Waals surface area contributed by atoms with Crippen LogP contribution in [0.5, 0.6) is 0 Å². The molecule has 0 amide bonds. The third-order valence-corrected chi connectivity index (χ3v) is 3.26. The van der Waals surface area contributed by atoms with Gasteiger partial charge >= 0.3 is 6.18 Å². The smallest absolute Gasteiger partial charge is 0.320 e. The van der Waals surface area contributed by atoms with Crippen LogP contribution in [0.1, 0.15) is 17.5 Å². The maximum absolute atomic E-state index is 12.6. The molecule has 0 bridgehead atoms. The van der Waals surface area contributed by atoms with Gasteiger partial charge in [0.2, 0.25) is 0 Å². The highest BCUT2D eigenvalue weighted by molar-refractivity contribution is 5.32. The summed E-state index contributed by atoms with van der Waals surface area (Å²) in [7, 11) is 1.92. The summed E-state index contributed by atoms with van der Waals surface area (Å²) in [6.07, 6.45) is -3.62. The standard InChI is InChI=1S/C12H15F3N2/c1-17-6-5-11(16,8-17)9-3-2-4-10(7-9)12(13,14)15/h2-4,7H,5-6,8,16H2,1H3. The Morgan fingerprint density at radius 2 is 2.06 bits per heavy atom. The average Bonchev–Trinajstić information content (AvgIpc) is 2.59. The van der Waals surface area contributed by atoms with E-state index < -0.39 is 17.3 Å². The number of likely N-dealkylation sites (N-methyl/N-ethyl adjacent to an activating group) is 1. The van der Waals surface area contributed by atoms with E-state index in [9.17, 15) is 13.2 Å². The van der Waals surface area contributed by atoms with Crippen LogP contribution in [0.3, 0.4) is 0 Å². The zero-order chi connectivity index (χ0) is 12.7. The zero-order valence-corrected chi connectivity index (χ0v) is 9.59. The molecule has 1 aliphatic rings. The second-order valence-corrected chi connectivity index (χ2v) is 4.72. The summed E-state index contributed by atoms with van der Waals surface area (Å²) in [6, 6.07) is 5.34. The van der Waals surface area contributed by atoms with Gasteiger partial charge in [-0.15, -0.1) is 0 Å². The van der Waals surface area contributed by atoms with E-state index in [1.165, 1.54) is 12.1 Å². The molecule has 2 N–H and O–H groups in total. The monoisotopic (exact) mass is 244 g/mol. The van der Waals surface area contributed by atoms with E-state index in [0.29, 0.717) is 18.5 Å². The Kier molecular flexibility index (Phi) is 2.91. The second-order valence-electron chi connectivity index (χ2n) is 4.72. The molecule has 5 heteroatoms. The number of benzene rings is 1. The minimum absolute atomic E-state index is 0.566. The Morgan fingerprint density at radius 1 is 1.35 bits per heavy atom. The second kappa shape index (κ2) is 3.99. The van der Waals surface area contributed by atoms with Crippen LogP contribution >= 0.6 is 0 Å². The first kappa shape index (κ1) is 12.4. The van der Waals surface area contributed by atoms with Crippen molar-refractivity contribution in [3.05, 3.63) is 35.4 Å². The molecule has 1 aromatic carbocycles. The number of hydrogen-bond donors (Lipinski definition) is 1. The van der Waals surface area contributed by atoms with E-state index in [1.54, 1.807) is 6.07 Å². The number of likely N-dealkylation sites (tertiary alicyclic amines) is 1. The first-order valence-corrected chi connectivity index (χ1v) is 5.46. The van der Waals surface area contributed by atoms with Gasteiger partial charge in [0.25, 0.3) is 0 Å². The molecular weight excluding hydrogens is 229 g/mol. The molecule has 1 aliphatic heterocycles. The molecule has 0 aromatic heterocycles. The van der Waals surface area contributed by atoms with Crippen LogP contribution in [0.15, 0.2) is 24.3 Å². The van der Waals surface area contributed by atoms with Crippen LogP contribution in [0.4, 0.5) is 13.2 Å². The molecule has 0 saturated carbocycles. The molecule has 2 rings (SSSR count). The normalized spacial score (nSPS) is 26.4. The van der Waals surface area contributed by atoms with E-state index >= 15 is 0 Å². The van der Waals surface area contributed by atoms with Gasteiger partial charge in [-0.25, -0.2) is 0 Å². The summed E-state index contributed by atoms with van der Waals surface area (Å²) in [4.78, 5) is 2.03. The van der Waals surface area contributed by atoms with Crippen LogP contribution in [0.25, 0.3) is 0 Å². The van der Waals surface area contributed by atoms with Crippen LogP contribution in [-0.2, 0) is 11.7 Å². The maximum Gasteiger partial charge on any atom is 0.416 e. The molecule has 0 spiro atoms. The van der Waals surface area contributed by atoms with Gasteiger partial charge in [0.15, 0.2) is 0 Å². The van der Waals surface area contributed by atoms with Gasteiger partial charge in [0.05, 0.1) is 11.1 Å². The van der Waals surface area contributed by atoms with Crippen molar-refractivity contribution in [1.82, 2.24) is 4.90 Å². The molecule has 1 heterocycles. The van der Waals surface area contributed by atoms with Crippen molar-refractivity contribution in [2.75, 3.05) is 20.1 Å². The van der Waals surface area contributed by atoms with Crippen molar-refractivity contribution in [3.8, 4) is 0 Å². The van der Waals surface area contributed by atoms with Gasteiger partial charge in [-0.2, -0.15) is 13.2 Å². The van der Waals surface area contributed by atoms with Gasteiger partial charge in [-0.3, -0.25) is 0 Å². The number of rotatable bonds is 1. The lowest BCUT2D eigenvalue weighted by molar-refractivity contribution is -0.137. The fourth-order valence-electron chi connectivity index (χ4n) is 2.27. The molecule has 0 radical (unpaired) electrons. The average molecular weight is 244 g/mol. The van der Waals surface area contributed by atoms with Gasteiger partial charge < -0.3 is 10.6 Å². The summed E-state index contributed by atoms with van der Waals surface area (Å²) in [5.41, 5.74) is 5.45. The number of halogens is 3. The van der Waals surface area contributed by atoms with Crippen molar-refractivity contribution in [3.63, 3.8) is 0 Å². The highest BCUT2D eigenvalue weighted by atomic mass is 19.4.